The Morgan fingerprint density at radius 3 is 2.72 bits per heavy atom. The highest BCUT2D eigenvalue weighted by Crippen LogP contribution is 2.29. The molecule has 2 aromatic rings. The minimum absolute atomic E-state index is 0.00801. The van der Waals surface area contributed by atoms with Gasteiger partial charge >= 0.3 is 0 Å². The average molecular weight is 425 g/mol. The van der Waals surface area contributed by atoms with E-state index in [1.165, 1.54) is 24.3 Å². The summed E-state index contributed by atoms with van der Waals surface area (Å²) in [6, 6.07) is 7.25. The summed E-state index contributed by atoms with van der Waals surface area (Å²) in [6.07, 6.45) is 2.41. The number of hydrogen-bond acceptors (Lipinski definition) is 5. The van der Waals surface area contributed by atoms with Crippen LogP contribution in [0.2, 0.25) is 0 Å². The minimum Gasteiger partial charge on any atom is -0.490 e. The second kappa shape index (κ2) is 9.63. The van der Waals surface area contributed by atoms with Crippen LogP contribution in [0.1, 0.15) is 19.8 Å². The van der Waals surface area contributed by atoms with Crippen molar-refractivity contribution in [3.63, 3.8) is 0 Å². The molecule has 1 aromatic carbocycles. The molecule has 0 N–H and O–H groups in total. The molecule has 1 aromatic heterocycles. The molecule has 0 saturated carbocycles. The van der Waals surface area contributed by atoms with Gasteiger partial charge in [-0.2, -0.15) is 0 Å². The smallest absolute Gasteiger partial charge is 0.165 e. The molecule has 0 aliphatic carbocycles. The van der Waals surface area contributed by atoms with Gasteiger partial charge in [-0.15, -0.1) is 0 Å². The van der Waals surface area contributed by atoms with Crippen LogP contribution in [-0.2, 0) is 14.6 Å². The van der Waals surface area contributed by atoms with E-state index in [4.69, 9.17) is 9.47 Å². The number of aromatic nitrogens is 1. The highest BCUT2D eigenvalue weighted by Gasteiger charge is 2.28. The van der Waals surface area contributed by atoms with Crippen molar-refractivity contribution >= 4 is 9.84 Å². The van der Waals surface area contributed by atoms with E-state index in [0.717, 1.165) is 12.6 Å². The van der Waals surface area contributed by atoms with E-state index in [-0.39, 0.29) is 35.7 Å². The van der Waals surface area contributed by atoms with Crippen molar-refractivity contribution in [1.82, 2.24) is 4.98 Å². The van der Waals surface area contributed by atoms with E-state index >= 15 is 0 Å². The monoisotopic (exact) mass is 425 g/mol. The van der Waals surface area contributed by atoms with Gasteiger partial charge in [-0.1, -0.05) is 6.92 Å². The number of ether oxygens (including phenoxy) is 2. The summed E-state index contributed by atoms with van der Waals surface area (Å²) >= 11 is 0. The van der Waals surface area contributed by atoms with Crippen LogP contribution in [0.25, 0.3) is 11.3 Å². The fourth-order valence-corrected chi connectivity index (χ4v) is 4.35. The van der Waals surface area contributed by atoms with Gasteiger partial charge in [0.15, 0.2) is 11.6 Å². The van der Waals surface area contributed by atoms with E-state index in [1.54, 1.807) is 13.0 Å². The topological polar surface area (TPSA) is 65.5 Å². The van der Waals surface area contributed by atoms with Crippen molar-refractivity contribution < 1.29 is 26.7 Å². The van der Waals surface area contributed by atoms with E-state index in [0.29, 0.717) is 30.9 Å². The molecule has 0 spiro atoms. The molecular weight excluding hydrogens is 400 g/mol. The van der Waals surface area contributed by atoms with E-state index in [2.05, 4.69) is 4.98 Å². The van der Waals surface area contributed by atoms with Gasteiger partial charge in [0.25, 0.3) is 0 Å². The van der Waals surface area contributed by atoms with Crippen LogP contribution in [-0.4, -0.2) is 44.7 Å². The van der Waals surface area contributed by atoms with Crippen LogP contribution in [0.4, 0.5) is 8.78 Å². The molecule has 5 nitrogen and oxygen atoms in total. The van der Waals surface area contributed by atoms with Crippen molar-refractivity contribution in [2.75, 3.05) is 31.3 Å². The summed E-state index contributed by atoms with van der Waals surface area (Å²) in [5.74, 6) is -0.414. The van der Waals surface area contributed by atoms with Gasteiger partial charge in [0, 0.05) is 23.8 Å². The number of nitrogens with zero attached hydrogens (tertiary/aromatic N) is 1. The molecule has 3 rings (SSSR count). The molecular formula is C21H25F2NO4S. The zero-order valence-electron chi connectivity index (χ0n) is 16.3. The van der Waals surface area contributed by atoms with Gasteiger partial charge in [-0.3, -0.25) is 4.98 Å². The molecule has 2 heterocycles. The molecule has 1 aliphatic rings. The Morgan fingerprint density at radius 1 is 1.21 bits per heavy atom. The Bertz CT molecular complexity index is 919. The second-order valence-electron chi connectivity index (χ2n) is 7.23. The fourth-order valence-electron chi connectivity index (χ4n) is 3.40. The first-order valence-corrected chi connectivity index (χ1v) is 11.5. The molecule has 2 atom stereocenters. The van der Waals surface area contributed by atoms with Crippen molar-refractivity contribution in [3.05, 3.63) is 48.2 Å². The Balaban J connectivity index is 1.62. The minimum atomic E-state index is -3.02. The van der Waals surface area contributed by atoms with Crippen LogP contribution >= 0.6 is 0 Å². The maximum Gasteiger partial charge on any atom is 0.165 e. The third-order valence-electron chi connectivity index (χ3n) is 5.28. The number of halogens is 2. The van der Waals surface area contributed by atoms with Crippen molar-refractivity contribution in [1.29, 1.82) is 0 Å². The number of sulfone groups is 1. The molecule has 8 heteroatoms. The average Bonchev–Trinajstić information content (AvgIpc) is 2.72. The quantitative estimate of drug-likeness (QED) is 0.642. The Hall–Kier alpha value is -2.06. The Morgan fingerprint density at radius 2 is 2.03 bits per heavy atom. The summed E-state index contributed by atoms with van der Waals surface area (Å²) in [4.78, 5) is 3.95. The normalized spacial score (nSPS) is 19.8. The van der Waals surface area contributed by atoms with Crippen molar-refractivity contribution in [3.8, 4) is 17.0 Å². The first-order valence-electron chi connectivity index (χ1n) is 9.70. The van der Waals surface area contributed by atoms with Crippen LogP contribution in [0.15, 0.2) is 36.5 Å². The number of rotatable bonds is 8. The molecule has 29 heavy (non-hydrogen) atoms. The molecule has 1 saturated heterocycles. The third kappa shape index (κ3) is 5.96. The lowest BCUT2D eigenvalue weighted by Gasteiger charge is -2.31. The predicted octanol–water partition coefficient (Wildman–Crippen LogP) is 3.88. The van der Waals surface area contributed by atoms with E-state index in [1.807, 2.05) is 0 Å². The fraction of sp³-hybridized carbons (Fsp3) is 0.476. The van der Waals surface area contributed by atoms with Crippen LogP contribution in [0, 0.1) is 23.5 Å². The summed E-state index contributed by atoms with van der Waals surface area (Å²) < 4.78 is 62.3. The van der Waals surface area contributed by atoms with E-state index in [9.17, 15) is 17.2 Å². The Labute approximate surface area is 170 Å². The lowest BCUT2D eigenvalue weighted by Crippen LogP contribution is -2.33. The highest BCUT2D eigenvalue weighted by molar-refractivity contribution is 7.91. The van der Waals surface area contributed by atoms with Gasteiger partial charge in [0.1, 0.15) is 15.7 Å². The van der Waals surface area contributed by atoms with Gasteiger partial charge in [0.05, 0.1) is 30.9 Å². The summed E-state index contributed by atoms with van der Waals surface area (Å²) in [5, 5.41) is 0. The zero-order chi connectivity index (χ0) is 20.9. The van der Waals surface area contributed by atoms with Gasteiger partial charge in [-0.05, 0) is 49.1 Å². The standard InChI is InChI=1S/C21H25F2NO4S/c1-2-29(25,26)10-8-15-7-9-27-13-17(15)14-28-21-6-3-16(11-19(21)23)20-5-4-18(22)12-24-20/h3-6,11-12,15,17H,2,7-10,13-14H2,1H3/t15?,17-/m1/s1. The predicted molar refractivity (Wildman–Crippen MR) is 106 cm³/mol. The van der Waals surface area contributed by atoms with E-state index < -0.39 is 21.5 Å². The number of benzene rings is 1. The van der Waals surface area contributed by atoms with Crippen molar-refractivity contribution in [2.24, 2.45) is 11.8 Å². The van der Waals surface area contributed by atoms with Crippen molar-refractivity contribution in [2.45, 2.75) is 19.8 Å². The maximum absolute atomic E-state index is 14.5. The first-order chi connectivity index (χ1) is 13.9. The molecule has 0 radical (unpaired) electrons. The molecule has 1 aliphatic heterocycles. The molecule has 0 bridgehead atoms. The largest absolute Gasteiger partial charge is 0.490 e. The molecule has 0 amide bonds. The maximum atomic E-state index is 14.5. The third-order valence-corrected chi connectivity index (χ3v) is 7.02. The summed E-state index contributed by atoms with van der Waals surface area (Å²) in [7, 11) is -3.02. The van der Waals surface area contributed by atoms with Crippen LogP contribution in [0.3, 0.4) is 0 Å². The van der Waals surface area contributed by atoms with Crippen LogP contribution < -0.4 is 4.74 Å². The highest BCUT2D eigenvalue weighted by atomic mass is 32.2. The molecule has 158 valence electrons. The SMILES string of the molecule is CCS(=O)(=O)CCC1CCOC[C@@H]1COc1ccc(-c2ccc(F)cn2)cc1F. The van der Waals surface area contributed by atoms with Crippen LogP contribution in [0.5, 0.6) is 5.75 Å². The molecule has 1 unspecified atom stereocenters. The molecule has 1 fully saturated rings. The first kappa shape index (κ1) is 21.6. The Kier molecular flexibility index (Phi) is 7.18. The van der Waals surface area contributed by atoms with Gasteiger partial charge in [0.2, 0.25) is 0 Å². The zero-order valence-corrected chi connectivity index (χ0v) is 17.1. The van der Waals surface area contributed by atoms with Gasteiger partial charge < -0.3 is 9.47 Å². The number of hydrogen-bond donors (Lipinski definition) is 0. The number of pyridine rings is 1. The summed E-state index contributed by atoms with van der Waals surface area (Å²) in [6.45, 7) is 2.97. The van der Waals surface area contributed by atoms with Gasteiger partial charge in [-0.25, -0.2) is 17.2 Å². The summed E-state index contributed by atoms with van der Waals surface area (Å²) in [5.41, 5.74) is 0.994. The lowest BCUT2D eigenvalue weighted by molar-refractivity contribution is -0.00370. The lowest BCUT2D eigenvalue weighted by atomic mass is 9.87. The second-order valence-corrected chi connectivity index (χ2v) is 9.70.